The Bertz CT molecular complexity index is 916. The van der Waals surface area contributed by atoms with Gasteiger partial charge in [0.15, 0.2) is 11.5 Å². The number of ether oxygens (including phenoxy) is 3. The number of rotatable bonds is 8. The molecule has 0 aliphatic carbocycles. The summed E-state index contributed by atoms with van der Waals surface area (Å²) in [6.07, 6.45) is 5.35. The van der Waals surface area contributed by atoms with Gasteiger partial charge in [0, 0.05) is 26.2 Å². The van der Waals surface area contributed by atoms with Crippen LogP contribution in [0.25, 0.3) is 0 Å². The third kappa shape index (κ3) is 5.84. The molecule has 2 heterocycles. The van der Waals surface area contributed by atoms with Crippen molar-refractivity contribution in [3.8, 4) is 17.2 Å². The van der Waals surface area contributed by atoms with Crippen LogP contribution in [0.4, 0.5) is 0 Å². The molecular weight excluding hydrogens is 428 g/mol. The van der Waals surface area contributed by atoms with Crippen LogP contribution in [-0.4, -0.2) is 63.2 Å². The van der Waals surface area contributed by atoms with Gasteiger partial charge in [-0.2, -0.15) is 0 Å². The lowest BCUT2D eigenvalue weighted by Crippen LogP contribution is -2.47. The molecule has 2 saturated heterocycles. The summed E-state index contributed by atoms with van der Waals surface area (Å²) in [5.74, 6) is 3.04. The van der Waals surface area contributed by atoms with E-state index in [0.29, 0.717) is 29.1 Å². The zero-order chi connectivity index (χ0) is 23.9. The number of methoxy groups -OCH3 is 3. The molecule has 6 heteroatoms. The normalized spacial score (nSPS) is 19.6. The average molecular weight is 467 g/mol. The van der Waals surface area contributed by atoms with Crippen LogP contribution >= 0.6 is 0 Å². The lowest BCUT2D eigenvalue weighted by atomic mass is 9.89. The second-order valence-electron chi connectivity index (χ2n) is 9.57. The van der Waals surface area contributed by atoms with E-state index in [9.17, 15) is 4.79 Å². The van der Waals surface area contributed by atoms with Crippen molar-refractivity contribution >= 4 is 5.91 Å². The number of hydrogen-bond donors (Lipinski definition) is 0. The first-order valence-electron chi connectivity index (χ1n) is 12.4. The summed E-state index contributed by atoms with van der Waals surface area (Å²) in [7, 11) is 4.89. The van der Waals surface area contributed by atoms with Gasteiger partial charge in [-0.05, 0) is 67.8 Å². The number of carbonyl (C=O) groups excluding carboxylic acids is 1. The fraction of sp³-hybridized carbons (Fsp3) is 0.536. The zero-order valence-corrected chi connectivity index (χ0v) is 20.8. The Hall–Kier alpha value is -2.73. The lowest BCUT2D eigenvalue weighted by molar-refractivity contribution is -0.138. The molecule has 0 N–H and O–H groups in total. The molecule has 2 aliphatic heterocycles. The molecule has 0 aromatic heterocycles. The van der Waals surface area contributed by atoms with Crippen molar-refractivity contribution in [1.82, 2.24) is 9.80 Å². The van der Waals surface area contributed by atoms with Gasteiger partial charge in [0.05, 0.1) is 27.2 Å². The zero-order valence-electron chi connectivity index (χ0n) is 20.8. The van der Waals surface area contributed by atoms with E-state index in [1.165, 1.54) is 5.56 Å². The van der Waals surface area contributed by atoms with E-state index in [-0.39, 0.29) is 5.92 Å². The van der Waals surface area contributed by atoms with Crippen LogP contribution in [0.1, 0.15) is 36.8 Å². The van der Waals surface area contributed by atoms with Crippen LogP contribution in [-0.2, 0) is 17.8 Å². The number of likely N-dealkylation sites (tertiary alicyclic amines) is 2. The van der Waals surface area contributed by atoms with Crippen LogP contribution < -0.4 is 14.2 Å². The van der Waals surface area contributed by atoms with Crippen molar-refractivity contribution in [2.45, 2.75) is 38.6 Å². The second-order valence-corrected chi connectivity index (χ2v) is 9.57. The summed E-state index contributed by atoms with van der Waals surface area (Å²) in [5, 5.41) is 0. The van der Waals surface area contributed by atoms with Crippen LogP contribution in [0.3, 0.4) is 0 Å². The number of hydrogen-bond acceptors (Lipinski definition) is 5. The molecule has 2 fully saturated rings. The fourth-order valence-electron chi connectivity index (χ4n) is 5.45. The first-order valence-corrected chi connectivity index (χ1v) is 12.4. The third-order valence-electron chi connectivity index (χ3n) is 7.28. The minimum atomic E-state index is 0.0847. The average Bonchev–Trinajstić information content (AvgIpc) is 2.89. The molecule has 34 heavy (non-hydrogen) atoms. The van der Waals surface area contributed by atoms with Crippen molar-refractivity contribution in [2.75, 3.05) is 47.5 Å². The molecule has 0 bridgehead atoms. The molecule has 2 aromatic rings. The largest absolute Gasteiger partial charge is 0.493 e. The maximum absolute atomic E-state index is 13.3. The Labute approximate surface area is 203 Å². The number of carbonyl (C=O) groups is 1. The highest BCUT2D eigenvalue weighted by molar-refractivity contribution is 5.79. The van der Waals surface area contributed by atoms with E-state index in [0.717, 1.165) is 70.4 Å². The molecule has 0 spiro atoms. The van der Waals surface area contributed by atoms with Crippen molar-refractivity contribution in [1.29, 1.82) is 0 Å². The van der Waals surface area contributed by atoms with Gasteiger partial charge in [0.1, 0.15) is 0 Å². The predicted octanol–water partition coefficient (Wildman–Crippen LogP) is 4.41. The number of amides is 1. The van der Waals surface area contributed by atoms with Gasteiger partial charge in [-0.15, -0.1) is 0 Å². The fourth-order valence-corrected chi connectivity index (χ4v) is 5.45. The highest BCUT2D eigenvalue weighted by Crippen LogP contribution is 2.38. The Morgan fingerprint density at radius 1 is 0.882 bits per heavy atom. The van der Waals surface area contributed by atoms with E-state index in [2.05, 4.69) is 40.1 Å². The van der Waals surface area contributed by atoms with E-state index in [4.69, 9.17) is 14.2 Å². The van der Waals surface area contributed by atoms with E-state index < -0.39 is 0 Å². The molecule has 1 atom stereocenters. The molecule has 0 saturated carbocycles. The summed E-state index contributed by atoms with van der Waals surface area (Å²) in [6, 6.07) is 14.7. The molecule has 2 aliphatic rings. The van der Waals surface area contributed by atoms with E-state index >= 15 is 0 Å². The van der Waals surface area contributed by atoms with Gasteiger partial charge in [-0.3, -0.25) is 9.69 Å². The van der Waals surface area contributed by atoms with Gasteiger partial charge in [0.25, 0.3) is 0 Å². The summed E-state index contributed by atoms with van der Waals surface area (Å²) < 4.78 is 16.5. The number of piperidine rings is 2. The van der Waals surface area contributed by atoms with Gasteiger partial charge >= 0.3 is 0 Å². The summed E-state index contributed by atoms with van der Waals surface area (Å²) in [5.41, 5.74) is 2.51. The Morgan fingerprint density at radius 3 is 2.18 bits per heavy atom. The predicted molar refractivity (Wildman–Crippen MR) is 134 cm³/mol. The Balaban J connectivity index is 1.32. The quantitative estimate of drug-likeness (QED) is 0.577. The van der Waals surface area contributed by atoms with Gasteiger partial charge in [0.2, 0.25) is 11.7 Å². The first-order chi connectivity index (χ1) is 16.6. The molecule has 184 valence electrons. The molecule has 6 nitrogen and oxygen atoms in total. The van der Waals surface area contributed by atoms with Gasteiger partial charge in [-0.25, -0.2) is 0 Å². The van der Waals surface area contributed by atoms with Crippen LogP contribution in [0.2, 0.25) is 0 Å². The lowest BCUT2D eigenvalue weighted by Gasteiger charge is -2.38. The van der Waals surface area contributed by atoms with Crippen molar-refractivity contribution in [3.05, 3.63) is 53.6 Å². The highest BCUT2D eigenvalue weighted by Gasteiger charge is 2.31. The topological polar surface area (TPSA) is 51.2 Å². The standard InChI is InChI=1S/C28H38N2O4/c1-32-25-17-23(18-26(33-2)27(25)34-3)19-29-13-7-10-24(20-29)28(31)30-14-11-22(12-15-30)16-21-8-5-4-6-9-21/h4-6,8-9,17-18,22,24H,7,10-16,19-20H2,1-3H3. The second kappa shape index (κ2) is 11.6. The summed E-state index contributed by atoms with van der Waals surface area (Å²) in [4.78, 5) is 17.8. The minimum Gasteiger partial charge on any atom is -0.493 e. The number of nitrogens with zero attached hydrogens (tertiary/aromatic N) is 2. The van der Waals surface area contributed by atoms with Crippen LogP contribution in [0, 0.1) is 11.8 Å². The smallest absolute Gasteiger partial charge is 0.226 e. The molecule has 2 aromatic carbocycles. The maximum Gasteiger partial charge on any atom is 0.226 e. The number of benzene rings is 2. The monoisotopic (exact) mass is 466 g/mol. The van der Waals surface area contributed by atoms with Crippen LogP contribution in [0.5, 0.6) is 17.2 Å². The van der Waals surface area contributed by atoms with Gasteiger partial charge in [-0.1, -0.05) is 30.3 Å². The third-order valence-corrected chi connectivity index (χ3v) is 7.28. The van der Waals surface area contributed by atoms with Crippen molar-refractivity contribution < 1.29 is 19.0 Å². The van der Waals surface area contributed by atoms with Crippen LogP contribution in [0.15, 0.2) is 42.5 Å². The van der Waals surface area contributed by atoms with Gasteiger partial charge < -0.3 is 19.1 Å². The van der Waals surface area contributed by atoms with Crippen molar-refractivity contribution in [2.24, 2.45) is 11.8 Å². The van der Waals surface area contributed by atoms with E-state index in [1.54, 1.807) is 21.3 Å². The molecule has 4 rings (SSSR count). The summed E-state index contributed by atoms with van der Waals surface area (Å²) >= 11 is 0. The SMILES string of the molecule is COc1cc(CN2CCCC(C(=O)N3CCC(Cc4ccccc4)CC3)C2)cc(OC)c1OC. The summed E-state index contributed by atoms with van der Waals surface area (Å²) in [6.45, 7) is 4.35. The molecule has 1 unspecified atom stereocenters. The highest BCUT2D eigenvalue weighted by atomic mass is 16.5. The van der Waals surface area contributed by atoms with E-state index in [1.807, 2.05) is 12.1 Å². The molecule has 0 radical (unpaired) electrons. The minimum absolute atomic E-state index is 0.0847. The Kier molecular flexibility index (Phi) is 8.33. The molecule has 1 amide bonds. The Morgan fingerprint density at radius 2 is 1.56 bits per heavy atom. The maximum atomic E-state index is 13.3. The first kappa shape index (κ1) is 24.4. The van der Waals surface area contributed by atoms with Crippen molar-refractivity contribution in [3.63, 3.8) is 0 Å². The molecular formula is C28H38N2O4.